The smallest absolute Gasteiger partial charge is 0.252 e. The third-order valence-corrected chi connectivity index (χ3v) is 4.78. The van der Waals surface area contributed by atoms with Crippen LogP contribution in [-0.2, 0) is 19.4 Å². The Balaban J connectivity index is 1.64. The van der Waals surface area contributed by atoms with E-state index < -0.39 is 0 Å². The van der Waals surface area contributed by atoms with E-state index in [0.717, 1.165) is 58.5 Å². The van der Waals surface area contributed by atoms with Gasteiger partial charge in [0, 0.05) is 12.1 Å². The number of H-pyrrole nitrogens is 1. The Morgan fingerprint density at radius 1 is 1.00 bits per heavy atom. The lowest BCUT2D eigenvalue weighted by Crippen LogP contribution is -2.23. The second kappa shape index (κ2) is 8.73. The van der Waals surface area contributed by atoms with Crippen molar-refractivity contribution in [2.75, 3.05) is 20.8 Å². The second-order valence-corrected chi connectivity index (χ2v) is 6.47. The summed E-state index contributed by atoms with van der Waals surface area (Å²) < 4.78 is 10.6. The average Bonchev–Trinajstić information content (AvgIpc) is 2.70. The lowest BCUT2D eigenvalue weighted by molar-refractivity contribution is 0.354. The number of aryl methyl sites for hydroxylation is 1. The van der Waals surface area contributed by atoms with Gasteiger partial charge in [-0.1, -0.05) is 31.2 Å². The maximum absolute atomic E-state index is 12.4. The molecule has 0 aliphatic rings. The average molecular weight is 366 g/mol. The zero-order chi connectivity index (χ0) is 19.2. The quantitative estimate of drug-likeness (QED) is 0.600. The number of hydrogen-bond donors (Lipinski definition) is 2. The molecular weight excluding hydrogens is 340 g/mol. The van der Waals surface area contributed by atoms with Crippen LogP contribution in [0.5, 0.6) is 11.5 Å². The third-order valence-electron chi connectivity index (χ3n) is 4.78. The minimum Gasteiger partial charge on any atom is -0.493 e. The van der Waals surface area contributed by atoms with Gasteiger partial charge in [-0.25, -0.2) is 0 Å². The number of aromatic amines is 1. The molecule has 0 saturated carbocycles. The fourth-order valence-electron chi connectivity index (χ4n) is 3.26. The van der Waals surface area contributed by atoms with E-state index >= 15 is 0 Å². The minimum absolute atomic E-state index is 0.0259. The summed E-state index contributed by atoms with van der Waals surface area (Å²) in [5.74, 6) is 1.45. The molecule has 0 saturated heterocycles. The molecule has 0 amide bonds. The highest BCUT2D eigenvalue weighted by Gasteiger charge is 2.07. The first-order chi connectivity index (χ1) is 13.2. The van der Waals surface area contributed by atoms with Gasteiger partial charge in [-0.05, 0) is 54.1 Å². The number of hydrogen-bond acceptors (Lipinski definition) is 4. The van der Waals surface area contributed by atoms with Gasteiger partial charge in [0.25, 0.3) is 5.56 Å². The van der Waals surface area contributed by atoms with Gasteiger partial charge >= 0.3 is 0 Å². The molecule has 1 aromatic heterocycles. The fourth-order valence-corrected chi connectivity index (χ4v) is 3.26. The van der Waals surface area contributed by atoms with Gasteiger partial charge < -0.3 is 19.8 Å². The van der Waals surface area contributed by atoms with E-state index in [4.69, 9.17) is 9.47 Å². The van der Waals surface area contributed by atoms with Crippen LogP contribution in [0.2, 0.25) is 0 Å². The molecule has 5 heteroatoms. The van der Waals surface area contributed by atoms with E-state index in [1.54, 1.807) is 14.2 Å². The molecule has 0 aliphatic carbocycles. The molecule has 2 N–H and O–H groups in total. The largest absolute Gasteiger partial charge is 0.493 e. The number of ether oxygens (including phenoxy) is 2. The molecule has 0 atom stereocenters. The summed E-state index contributed by atoms with van der Waals surface area (Å²) in [5, 5.41) is 4.43. The van der Waals surface area contributed by atoms with E-state index in [2.05, 4.69) is 23.3 Å². The van der Waals surface area contributed by atoms with E-state index in [9.17, 15) is 4.79 Å². The van der Waals surface area contributed by atoms with Crippen molar-refractivity contribution in [3.05, 3.63) is 69.5 Å². The molecule has 3 rings (SSSR count). The van der Waals surface area contributed by atoms with Crippen molar-refractivity contribution in [2.24, 2.45) is 0 Å². The Kier molecular flexibility index (Phi) is 6.14. The highest BCUT2D eigenvalue weighted by molar-refractivity contribution is 5.82. The molecule has 1 heterocycles. The lowest BCUT2D eigenvalue weighted by Gasteiger charge is -2.10. The van der Waals surface area contributed by atoms with Crippen molar-refractivity contribution in [3.8, 4) is 11.5 Å². The van der Waals surface area contributed by atoms with Crippen molar-refractivity contribution in [1.29, 1.82) is 0 Å². The number of pyridine rings is 1. The molecule has 142 valence electrons. The Hall–Kier alpha value is -2.79. The first kappa shape index (κ1) is 19.0. The Labute approximate surface area is 159 Å². The molecule has 2 aromatic carbocycles. The van der Waals surface area contributed by atoms with Crippen LogP contribution in [-0.4, -0.2) is 25.7 Å². The number of aromatic nitrogens is 1. The minimum atomic E-state index is -0.0259. The Morgan fingerprint density at radius 3 is 2.56 bits per heavy atom. The van der Waals surface area contributed by atoms with Gasteiger partial charge in [-0.15, -0.1) is 0 Å². The van der Waals surface area contributed by atoms with Crippen molar-refractivity contribution in [1.82, 2.24) is 10.3 Å². The molecule has 5 nitrogen and oxygen atoms in total. The predicted molar refractivity (Wildman–Crippen MR) is 109 cm³/mol. The second-order valence-electron chi connectivity index (χ2n) is 6.47. The van der Waals surface area contributed by atoms with Crippen LogP contribution in [0.4, 0.5) is 0 Å². The SMILES string of the molecule is CCc1cccc2cc(CNCCc3ccc(OC)c(OC)c3)c(=O)[nH]c12. The normalized spacial score (nSPS) is 10.9. The van der Waals surface area contributed by atoms with Gasteiger partial charge in [-0.3, -0.25) is 4.79 Å². The van der Waals surface area contributed by atoms with Crippen molar-refractivity contribution in [3.63, 3.8) is 0 Å². The highest BCUT2D eigenvalue weighted by atomic mass is 16.5. The van der Waals surface area contributed by atoms with Crippen molar-refractivity contribution < 1.29 is 9.47 Å². The van der Waals surface area contributed by atoms with Crippen LogP contribution in [0.15, 0.2) is 47.3 Å². The maximum Gasteiger partial charge on any atom is 0.252 e. The van der Waals surface area contributed by atoms with E-state index in [0.29, 0.717) is 6.54 Å². The summed E-state index contributed by atoms with van der Waals surface area (Å²) in [6.45, 7) is 3.40. The van der Waals surface area contributed by atoms with Gasteiger partial charge in [0.1, 0.15) is 0 Å². The Bertz CT molecular complexity index is 979. The first-order valence-electron chi connectivity index (χ1n) is 9.21. The molecule has 0 fully saturated rings. The number of methoxy groups -OCH3 is 2. The molecular formula is C22H26N2O3. The zero-order valence-electron chi connectivity index (χ0n) is 16.1. The summed E-state index contributed by atoms with van der Waals surface area (Å²) in [7, 11) is 3.26. The topological polar surface area (TPSA) is 63.4 Å². The van der Waals surface area contributed by atoms with Crippen molar-refractivity contribution in [2.45, 2.75) is 26.3 Å². The van der Waals surface area contributed by atoms with Crippen LogP contribution in [0.25, 0.3) is 10.9 Å². The molecule has 0 unspecified atom stereocenters. The van der Waals surface area contributed by atoms with Gasteiger partial charge in [0.05, 0.1) is 19.7 Å². The van der Waals surface area contributed by atoms with Crippen LogP contribution < -0.4 is 20.3 Å². The van der Waals surface area contributed by atoms with Crippen molar-refractivity contribution >= 4 is 10.9 Å². The number of nitrogens with one attached hydrogen (secondary N) is 2. The first-order valence-corrected chi connectivity index (χ1v) is 9.21. The Morgan fingerprint density at radius 2 is 1.81 bits per heavy atom. The molecule has 27 heavy (non-hydrogen) atoms. The number of benzene rings is 2. The number of fused-ring (bicyclic) bond motifs is 1. The van der Waals surface area contributed by atoms with Crippen LogP contribution in [0.1, 0.15) is 23.6 Å². The fraction of sp³-hybridized carbons (Fsp3) is 0.318. The summed E-state index contributed by atoms with van der Waals surface area (Å²) in [5.41, 5.74) is 3.99. The van der Waals surface area contributed by atoms with Crippen LogP contribution in [0.3, 0.4) is 0 Å². The molecule has 3 aromatic rings. The molecule has 0 bridgehead atoms. The van der Waals surface area contributed by atoms with Gasteiger partial charge in [0.15, 0.2) is 11.5 Å². The lowest BCUT2D eigenvalue weighted by atomic mass is 10.1. The highest BCUT2D eigenvalue weighted by Crippen LogP contribution is 2.27. The van der Waals surface area contributed by atoms with Gasteiger partial charge in [0.2, 0.25) is 0 Å². The van der Waals surface area contributed by atoms with Gasteiger partial charge in [-0.2, -0.15) is 0 Å². The summed E-state index contributed by atoms with van der Waals surface area (Å²) in [6.07, 6.45) is 1.74. The van der Waals surface area contributed by atoms with Crippen LogP contribution >= 0.6 is 0 Å². The summed E-state index contributed by atoms with van der Waals surface area (Å²) in [6, 6.07) is 14.0. The molecule has 0 radical (unpaired) electrons. The summed E-state index contributed by atoms with van der Waals surface area (Å²) >= 11 is 0. The molecule has 0 aliphatic heterocycles. The third kappa shape index (κ3) is 4.31. The molecule has 0 spiro atoms. The zero-order valence-corrected chi connectivity index (χ0v) is 16.1. The standard InChI is InChI=1S/C22H26N2O3/c1-4-16-6-5-7-17-13-18(22(25)24-21(16)17)14-23-11-10-15-8-9-19(26-2)20(12-15)27-3/h5-9,12-13,23H,4,10-11,14H2,1-3H3,(H,24,25). The van der Waals surface area contributed by atoms with E-state index in [-0.39, 0.29) is 5.56 Å². The predicted octanol–water partition coefficient (Wildman–Crippen LogP) is 3.44. The monoisotopic (exact) mass is 366 g/mol. The number of rotatable bonds is 8. The van der Waals surface area contributed by atoms with E-state index in [1.165, 1.54) is 0 Å². The van der Waals surface area contributed by atoms with E-state index in [1.807, 2.05) is 36.4 Å². The number of para-hydroxylation sites is 1. The summed E-state index contributed by atoms with van der Waals surface area (Å²) in [4.78, 5) is 15.4. The van der Waals surface area contributed by atoms with Crippen LogP contribution in [0, 0.1) is 0 Å². The maximum atomic E-state index is 12.4.